The van der Waals surface area contributed by atoms with E-state index in [2.05, 4.69) is 51.3 Å². The lowest BCUT2D eigenvalue weighted by Gasteiger charge is -2.36. The second-order valence-corrected chi connectivity index (χ2v) is 7.15. The topological polar surface area (TPSA) is 80.0 Å². The van der Waals surface area contributed by atoms with Gasteiger partial charge in [0.05, 0.1) is 0 Å². The van der Waals surface area contributed by atoms with Crippen LogP contribution in [0.4, 0.5) is 0 Å². The molecule has 1 N–H and O–H groups in total. The van der Waals surface area contributed by atoms with Crippen LogP contribution >= 0.6 is 0 Å². The number of hydrogen-bond donors (Lipinski definition) is 1. The van der Waals surface area contributed by atoms with E-state index in [4.69, 9.17) is 14.5 Å². The summed E-state index contributed by atoms with van der Waals surface area (Å²) in [5, 5.41) is 11.6. The summed E-state index contributed by atoms with van der Waals surface area (Å²) < 4.78 is 12.9. The molecule has 1 aromatic carbocycles. The van der Waals surface area contributed by atoms with Crippen molar-refractivity contribution in [3.05, 3.63) is 35.9 Å². The number of guanidine groups is 1. The van der Waals surface area contributed by atoms with Crippen LogP contribution < -0.4 is 14.8 Å². The fourth-order valence-electron chi connectivity index (χ4n) is 3.65. The van der Waals surface area contributed by atoms with Gasteiger partial charge in [0.1, 0.15) is 12.9 Å². The van der Waals surface area contributed by atoms with E-state index in [1.807, 2.05) is 10.6 Å². The van der Waals surface area contributed by atoms with Crippen molar-refractivity contribution in [2.75, 3.05) is 39.5 Å². The molecule has 0 spiro atoms. The average molecular weight is 399 g/mol. The monoisotopic (exact) mass is 399 g/mol. The molecule has 9 heteroatoms. The highest BCUT2D eigenvalue weighted by atomic mass is 16.7. The molecule has 3 heterocycles. The SMILES string of the molecule is CCNC(=NCc1nncn1CC)N1CCN(Cc2ccc3c(c2)OCO3)CC1. The minimum atomic E-state index is 0.318. The molecule has 1 fully saturated rings. The molecular formula is C20H29N7O2. The third-order valence-corrected chi connectivity index (χ3v) is 5.26. The molecule has 0 radical (unpaired) electrons. The normalized spacial score (nSPS) is 17.0. The summed E-state index contributed by atoms with van der Waals surface area (Å²) in [5.41, 5.74) is 1.25. The first-order valence-corrected chi connectivity index (χ1v) is 10.3. The first kappa shape index (κ1) is 19.5. The fraction of sp³-hybridized carbons (Fsp3) is 0.550. The van der Waals surface area contributed by atoms with Gasteiger partial charge in [-0.25, -0.2) is 4.99 Å². The molecule has 0 saturated carbocycles. The van der Waals surface area contributed by atoms with E-state index in [-0.39, 0.29) is 0 Å². The Morgan fingerprint density at radius 2 is 1.97 bits per heavy atom. The van der Waals surface area contributed by atoms with Crippen LogP contribution in [-0.2, 0) is 19.6 Å². The Morgan fingerprint density at radius 3 is 2.76 bits per heavy atom. The van der Waals surface area contributed by atoms with Gasteiger partial charge in [-0.3, -0.25) is 4.90 Å². The van der Waals surface area contributed by atoms with Gasteiger partial charge in [-0.15, -0.1) is 10.2 Å². The average Bonchev–Trinajstić information content (AvgIpc) is 3.40. The van der Waals surface area contributed by atoms with Crippen molar-refractivity contribution in [3.63, 3.8) is 0 Å². The van der Waals surface area contributed by atoms with E-state index in [9.17, 15) is 0 Å². The van der Waals surface area contributed by atoms with Crippen molar-refractivity contribution in [3.8, 4) is 11.5 Å². The number of aryl methyl sites for hydroxylation is 1. The maximum Gasteiger partial charge on any atom is 0.231 e. The molecule has 0 bridgehead atoms. The first-order valence-electron chi connectivity index (χ1n) is 10.3. The molecule has 0 unspecified atom stereocenters. The van der Waals surface area contributed by atoms with Gasteiger partial charge in [0, 0.05) is 45.8 Å². The van der Waals surface area contributed by atoms with Gasteiger partial charge >= 0.3 is 0 Å². The zero-order chi connectivity index (χ0) is 20.1. The van der Waals surface area contributed by atoms with Gasteiger partial charge in [-0.05, 0) is 31.5 Å². The third kappa shape index (κ3) is 4.61. The number of ether oxygens (including phenoxy) is 2. The number of hydrogen-bond acceptors (Lipinski definition) is 6. The van der Waals surface area contributed by atoms with Crippen molar-refractivity contribution in [1.29, 1.82) is 0 Å². The minimum absolute atomic E-state index is 0.318. The summed E-state index contributed by atoms with van der Waals surface area (Å²) >= 11 is 0. The largest absolute Gasteiger partial charge is 0.454 e. The number of nitrogens with one attached hydrogen (secondary N) is 1. The smallest absolute Gasteiger partial charge is 0.231 e. The van der Waals surface area contributed by atoms with Crippen molar-refractivity contribution in [2.24, 2.45) is 4.99 Å². The van der Waals surface area contributed by atoms with Crippen molar-refractivity contribution in [1.82, 2.24) is 29.9 Å². The van der Waals surface area contributed by atoms with Crippen LogP contribution in [0.5, 0.6) is 11.5 Å². The number of piperazine rings is 1. The molecule has 9 nitrogen and oxygen atoms in total. The van der Waals surface area contributed by atoms with Crippen LogP contribution in [-0.4, -0.2) is 70.0 Å². The van der Waals surface area contributed by atoms with Crippen LogP contribution in [0.15, 0.2) is 29.5 Å². The van der Waals surface area contributed by atoms with E-state index in [1.165, 1.54) is 5.56 Å². The second-order valence-electron chi connectivity index (χ2n) is 7.15. The van der Waals surface area contributed by atoms with Crippen LogP contribution in [0.1, 0.15) is 25.2 Å². The Bertz CT molecular complexity index is 843. The predicted octanol–water partition coefficient (Wildman–Crippen LogP) is 1.31. The standard InChI is InChI=1S/C20H29N7O2/c1-3-21-20(22-12-19-24-23-14-26(19)4-2)27-9-7-25(8-10-27)13-16-5-6-17-18(11-16)29-15-28-17/h5-6,11,14H,3-4,7-10,12-13,15H2,1-2H3,(H,21,22). The number of benzene rings is 1. The van der Waals surface area contributed by atoms with Gasteiger partial charge in [-0.2, -0.15) is 0 Å². The summed E-state index contributed by atoms with van der Waals surface area (Å²) in [6, 6.07) is 6.21. The lowest BCUT2D eigenvalue weighted by Crippen LogP contribution is -2.52. The highest BCUT2D eigenvalue weighted by molar-refractivity contribution is 5.80. The molecule has 1 aromatic heterocycles. The molecule has 2 aromatic rings. The van der Waals surface area contributed by atoms with Crippen LogP contribution in [0.3, 0.4) is 0 Å². The van der Waals surface area contributed by atoms with Gasteiger partial charge in [0.15, 0.2) is 23.3 Å². The third-order valence-electron chi connectivity index (χ3n) is 5.26. The zero-order valence-corrected chi connectivity index (χ0v) is 17.2. The number of rotatable bonds is 6. The van der Waals surface area contributed by atoms with E-state index in [0.717, 1.165) is 69.1 Å². The Morgan fingerprint density at radius 1 is 1.14 bits per heavy atom. The molecule has 29 heavy (non-hydrogen) atoms. The fourth-order valence-corrected chi connectivity index (χ4v) is 3.65. The van der Waals surface area contributed by atoms with E-state index >= 15 is 0 Å². The van der Waals surface area contributed by atoms with E-state index in [0.29, 0.717) is 13.3 Å². The molecule has 0 amide bonds. The molecule has 0 atom stereocenters. The Labute approximate surface area is 171 Å². The zero-order valence-electron chi connectivity index (χ0n) is 17.2. The van der Waals surface area contributed by atoms with Gasteiger partial charge in [-0.1, -0.05) is 6.07 Å². The molecule has 4 rings (SSSR count). The first-order chi connectivity index (χ1) is 14.3. The molecular weight excluding hydrogens is 370 g/mol. The van der Waals surface area contributed by atoms with Crippen LogP contribution in [0.25, 0.3) is 0 Å². The molecule has 0 aliphatic carbocycles. The van der Waals surface area contributed by atoms with E-state index < -0.39 is 0 Å². The maximum absolute atomic E-state index is 5.49. The van der Waals surface area contributed by atoms with Crippen LogP contribution in [0, 0.1) is 0 Å². The number of nitrogens with zero attached hydrogens (tertiary/aromatic N) is 6. The minimum Gasteiger partial charge on any atom is -0.454 e. The van der Waals surface area contributed by atoms with Crippen molar-refractivity contribution >= 4 is 5.96 Å². The van der Waals surface area contributed by atoms with Gasteiger partial charge in [0.25, 0.3) is 0 Å². The van der Waals surface area contributed by atoms with Crippen molar-refractivity contribution < 1.29 is 9.47 Å². The lowest BCUT2D eigenvalue weighted by molar-refractivity contribution is 0.171. The second kappa shape index (κ2) is 9.13. The summed E-state index contributed by atoms with van der Waals surface area (Å²) in [7, 11) is 0. The molecule has 156 valence electrons. The van der Waals surface area contributed by atoms with Crippen molar-refractivity contribution in [2.45, 2.75) is 33.5 Å². The number of fused-ring (bicyclic) bond motifs is 1. The Hall–Kier alpha value is -2.81. The summed E-state index contributed by atoms with van der Waals surface area (Å²) in [4.78, 5) is 9.59. The number of aromatic nitrogens is 3. The quantitative estimate of drug-likeness (QED) is 0.579. The molecule has 2 aliphatic rings. The Kier molecular flexibility index (Phi) is 6.14. The molecule has 1 saturated heterocycles. The lowest BCUT2D eigenvalue weighted by atomic mass is 10.1. The van der Waals surface area contributed by atoms with Gasteiger partial charge < -0.3 is 24.3 Å². The number of aliphatic imine (C=N–C) groups is 1. The summed E-state index contributed by atoms with van der Waals surface area (Å²) in [6.07, 6.45) is 1.76. The van der Waals surface area contributed by atoms with Gasteiger partial charge in [0.2, 0.25) is 6.79 Å². The Balaban J connectivity index is 1.33. The maximum atomic E-state index is 5.49. The summed E-state index contributed by atoms with van der Waals surface area (Å²) in [6.45, 7) is 11.5. The molecule has 2 aliphatic heterocycles. The highest BCUT2D eigenvalue weighted by Crippen LogP contribution is 2.32. The predicted molar refractivity (Wildman–Crippen MR) is 110 cm³/mol. The van der Waals surface area contributed by atoms with E-state index in [1.54, 1.807) is 6.33 Å². The highest BCUT2D eigenvalue weighted by Gasteiger charge is 2.21. The summed E-state index contributed by atoms with van der Waals surface area (Å²) in [5.74, 6) is 3.52. The van der Waals surface area contributed by atoms with Crippen LogP contribution in [0.2, 0.25) is 0 Å².